The average Bonchev–Trinajstić information content (AvgIpc) is 2.74. The van der Waals surface area contributed by atoms with Crippen LogP contribution in [0.1, 0.15) is 12.0 Å². The predicted molar refractivity (Wildman–Crippen MR) is 55.3 cm³/mol. The van der Waals surface area contributed by atoms with Gasteiger partial charge in [-0.2, -0.15) is 0 Å². The van der Waals surface area contributed by atoms with Crippen molar-refractivity contribution < 1.29 is 19.1 Å². The van der Waals surface area contributed by atoms with Gasteiger partial charge in [-0.1, -0.05) is 30.3 Å². The molecule has 0 aliphatic carbocycles. The fourth-order valence-electron chi connectivity index (χ4n) is 1.51. The summed E-state index contributed by atoms with van der Waals surface area (Å²) >= 11 is 0. The van der Waals surface area contributed by atoms with E-state index < -0.39 is 5.92 Å². The Morgan fingerprint density at radius 3 is 2.75 bits per heavy atom. The Morgan fingerprint density at radius 1 is 1.38 bits per heavy atom. The zero-order valence-corrected chi connectivity index (χ0v) is 8.72. The number of ether oxygens (including phenoxy) is 2. The third-order valence-electron chi connectivity index (χ3n) is 2.42. The van der Waals surface area contributed by atoms with Crippen LogP contribution in [0.15, 0.2) is 30.3 Å². The van der Waals surface area contributed by atoms with Crippen LogP contribution in [0.3, 0.4) is 0 Å². The van der Waals surface area contributed by atoms with Crippen molar-refractivity contribution in [2.24, 2.45) is 5.92 Å². The second kappa shape index (κ2) is 4.79. The van der Waals surface area contributed by atoms with Crippen molar-refractivity contribution in [3.05, 3.63) is 35.9 Å². The van der Waals surface area contributed by atoms with Crippen LogP contribution in [-0.2, 0) is 25.7 Å². The molecule has 84 valence electrons. The molecule has 1 fully saturated rings. The molecular weight excluding hydrogens is 208 g/mol. The fraction of sp³-hybridized carbons (Fsp3) is 0.333. The lowest BCUT2D eigenvalue weighted by molar-refractivity contribution is -0.149. The number of hydrogen-bond donors (Lipinski definition) is 0. The monoisotopic (exact) mass is 220 g/mol. The van der Waals surface area contributed by atoms with E-state index in [2.05, 4.69) is 0 Å². The highest BCUT2D eigenvalue weighted by Crippen LogP contribution is 2.16. The Labute approximate surface area is 93.2 Å². The number of benzene rings is 1. The summed E-state index contributed by atoms with van der Waals surface area (Å²) < 4.78 is 9.79. The van der Waals surface area contributed by atoms with Crippen molar-refractivity contribution in [3.8, 4) is 0 Å². The molecule has 4 nitrogen and oxygen atoms in total. The maximum absolute atomic E-state index is 11.5. The minimum atomic E-state index is -0.434. The minimum Gasteiger partial charge on any atom is -0.465 e. The number of cyclic esters (lactones) is 1. The normalized spacial score (nSPS) is 19.2. The van der Waals surface area contributed by atoms with Crippen LogP contribution in [0.5, 0.6) is 0 Å². The van der Waals surface area contributed by atoms with Gasteiger partial charge < -0.3 is 9.47 Å². The molecule has 0 bridgehead atoms. The number of hydrogen-bond acceptors (Lipinski definition) is 4. The smallest absolute Gasteiger partial charge is 0.313 e. The summed E-state index contributed by atoms with van der Waals surface area (Å²) in [5, 5.41) is 0. The van der Waals surface area contributed by atoms with Gasteiger partial charge in [0.1, 0.15) is 19.1 Å². The Bertz CT molecular complexity index is 385. The van der Waals surface area contributed by atoms with Crippen LogP contribution in [0, 0.1) is 5.92 Å². The predicted octanol–water partition coefficient (Wildman–Crippen LogP) is 1.29. The van der Waals surface area contributed by atoms with Gasteiger partial charge in [-0.05, 0) is 5.56 Å². The van der Waals surface area contributed by atoms with E-state index in [1.807, 2.05) is 30.3 Å². The number of carbonyl (C=O) groups excluding carboxylic acids is 2. The largest absolute Gasteiger partial charge is 0.465 e. The zero-order chi connectivity index (χ0) is 11.4. The molecule has 16 heavy (non-hydrogen) atoms. The van der Waals surface area contributed by atoms with Crippen molar-refractivity contribution in [3.63, 3.8) is 0 Å². The summed E-state index contributed by atoms with van der Waals surface area (Å²) in [6, 6.07) is 9.42. The molecule has 0 radical (unpaired) electrons. The number of rotatable bonds is 3. The third kappa shape index (κ3) is 2.59. The Kier molecular flexibility index (Phi) is 3.19. The van der Waals surface area contributed by atoms with Gasteiger partial charge >= 0.3 is 11.9 Å². The third-order valence-corrected chi connectivity index (χ3v) is 2.42. The minimum absolute atomic E-state index is 0.133. The standard InChI is InChI=1S/C12H12O4/c13-11-6-10(8-15-11)12(14)16-7-9-4-2-1-3-5-9/h1-5,10H,6-8H2/t10-/m1/s1. The molecule has 0 saturated carbocycles. The summed E-state index contributed by atoms with van der Waals surface area (Å²) in [4.78, 5) is 22.3. The molecule has 1 aliphatic heterocycles. The molecule has 0 unspecified atom stereocenters. The SMILES string of the molecule is O=C1C[C@@H](C(=O)OCc2ccccc2)CO1. The highest BCUT2D eigenvalue weighted by molar-refractivity contribution is 5.82. The van der Waals surface area contributed by atoms with Gasteiger partial charge in [-0.15, -0.1) is 0 Å². The van der Waals surface area contributed by atoms with Gasteiger partial charge in [-0.3, -0.25) is 9.59 Å². The molecule has 1 saturated heterocycles. The van der Waals surface area contributed by atoms with Gasteiger partial charge in [-0.25, -0.2) is 0 Å². The Balaban J connectivity index is 1.82. The van der Waals surface area contributed by atoms with Crippen LogP contribution in [0.2, 0.25) is 0 Å². The molecule has 4 heteroatoms. The molecule has 0 aromatic heterocycles. The summed E-state index contributed by atoms with van der Waals surface area (Å²) in [6.07, 6.45) is 0.133. The molecular formula is C12H12O4. The molecule has 1 aliphatic rings. The summed E-state index contributed by atoms with van der Waals surface area (Å²) in [5.74, 6) is -1.13. The van der Waals surface area contributed by atoms with E-state index in [-0.39, 0.29) is 31.6 Å². The second-order valence-corrected chi connectivity index (χ2v) is 3.68. The highest BCUT2D eigenvalue weighted by Gasteiger charge is 2.31. The summed E-state index contributed by atoms with van der Waals surface area (Å²) in [5.41, 5.74) is 0.932. The van der Waals surface area contributed by atoms with Gasteiger partial charge in [0.2, 0.25) is 0 Å². The van der Waals surface area contributed by atoms with Crippen LogP contribution >= 0.6 is 0 Å². The van der Waals surface area contributed by atoms with Crippen LogP contribution < -0.4 is 0 Å². The molecule has 0 N–H and O–H groups in total. The van der Waals surface area contributed by atoms with Gasteiger partial charge in [0.15, 0.2) is 0 Å². The van der Waals surface area contributed by atoms with E-state index in [1.165, 1.54) is 0 Å². The lowest BCUT2D eigenvalue weighted by atomic mass is 10.1. The fourth-order valence-corrected chi connectivity index (χ4v) is 1.51. The van der Waals surface area contributed by atoms with E-state index in [9.17, 15) is 9.59 Å². The van der Waals surface area contributed by atoms with Gasteiger partial charge in [0, 0.05) is 0 Å². The van der Waals surface area contributed by atoms with Gasteiger partial charge in [0.05, 0.1) is 6.42 Å². The number of esters is 2. The van der Waals surface area contributed by atoms with E-state index in [4.69, 9.17) is 9.47 Å². The van der Waals surface area contributed by atoms with Crippen molar-refractivity contribution in [2.75, 3.05) is 6.61 Å². The molecule has 0 spiro atoms. The molecule has 1 heterocycles. The lowest BCUT2D eigenvalue weighted by Crippen LogP contribution is -2.17. The van der Waals surface area contributed by atoms with Crippen molar-refractivity contribution in [1.29, 1.82) is 0 Å². The topological polar surface area (TPSA) is 52.6 Å². The first kappa shape index (κ1) is 10.7. The molecule has 1 aromatic rings. The first-order chi connectivity index (χ1) is 7.75. The maximum atomic E-state index is 11.5. The summed E-state index contributed by atoms with van der Waals surface area (Å²) in [7, 11) is 0. The van der Waals surface area contributed by atoms with Crippen molar-refractivity contribution in [2.45, 2.75) is 13.0 Å². The van der Waals surface area contributed by atoms with E-state index in [1.54, 1.807) is 0 Å². The number of carbonyl (C=O) groups is 2. The molecule has 2 rings (SSSR count). The quantitative estimate of drug-likeness (QED) is 0.720. The Hall–Kier alpha value is -1.84. The molecule has 1 aromatic carbocycles. The molecule has 0 amide bonds. The highest BCUT2D eigenvalue weighted by atomic mass is 16.6. The van der Waals surface area contributed by atoms with E-state index in [0.717, 1.165) is 5.56 Å². The zero-order valence-electron chi connectivity index (χ0n) is 8.72. The second-order valence-electron chi connectivity index (χ2n) is 3.68. The van der Waals surface area contributed by atoms with Crippen LogP contribution in [0.25, 0.3) is 0 Å². The van der Waals surface area contributed by atoms with Crippen LogP contribution in [0.4, 0.5) is 0 Å². The summed E-state index contributed by atoms with van der Waals surface area (Å²) in [6.45, 7) is 0.386. The lowest BCUT2D eigenvalue weighted by Gasteiger charge is -2.07. The van der Waals surface area contributed by atoms with Gasteiger partial charge in [0.25, 0.3) is 0 Å². The van der Waals surface area contributed by atoms with Crippen molar-refractivity contribution >= 4 is 11.9 Å². The first-order valence-corrected chi connectivity index (χ1v) is 5.12. The first-order valence-electron chi connectivity index (χ1n) is 5.12. The van der Waals surface area contributed by atoms with E-state index >= 15 is 0 Å². The van der Waals surface area contributed by atoms with E-state index in [0.29, 0.717) is 0 Å². The average molecular weight is 220 g/mol. The molecule has 1 atom stereocenters. The maximum Gasteiger partial charge on any atom is 0.313 e. The van der Waals surface area contributed by atoms with Crippen LogP contribution in [-0.4, -0.2) is 18.5 Å². The Morgan fingerprint density at radius 2 is 2.12 bits per heavy atom. The van der Waals surface area contributed by atoms with Crippen molar-refractivity contribution in [1.82, 2.24) is 0 Å².